The van der Waals surface area contributed by atoms with Gasteiger partial charge in [0.1, 0.15) is 16.3 Å². The van der Waals surface area contributed by atoms with Gasteiger partial charge in [-0.05, 0) is 24.3 Å². The van der Waals surface area contributed by atoms with E-state index in [4.69, 9.17) is 14.1 Å². The smallest absolute Gasteiger partial charge is 0.289 e. The minimum atomic E-state index is -0.0367. The fourth-order valence-corrected chi connectivity index (χ4v) is 4.69. The van der Waals surface area contributed by atoms with Crippen molar-refractivity contribution < 1.29 is 13.9 Å². The van der Waals surface area contributed by atoms with Gasteiger partial charge in [0, 0.05) is 42.5 Å². The molecule has 0 saturated carbocycles. The van der Waals surface area contributed by atoms with E-state index in [1.807, 2.05) is 59.5 Å². The number of fused-ring (bicyclic) bond motifs is 1. The summed E-state index contributed by atoms with van der Waals surface area (Å²) in [6, 6.07) is 17.5. The molecule has 2 aromatic heterocycles. The van der Waals surface area contributed by atoms with Crippen molar-refractivity contribution in [3.63, 3.8) is 0 Å². The molecule has 6 nitrogen and oxygen atoms in total. The molecule has 5 rings (SSSR count). The van der Waals surface area contributed by atoms with Crippen LogP contribution in [-0.4, -0.2) is 54.0 Å². The third-order valence-corrected chi connectivity index (χ3v) is 6.41. The molecule has 1 amide bonds. The van der Waals surface area contributed by atoms with Crippen molar-refractivity contribution >= 4 is 28.2 Å². The quantitative estimate of drug-likeness (QED) is 0.463. The molecule has 7 heteroatoms. The molecule has 2 aromatic carbocycles. The Morgan fingerprint density at radius 3 is 2.74 bits per heavy atom. The summed E-state index contributed by atoms with van der Waals surface area (Å²) in [6.07, 6.45) is 0. The van der Waals surface area contributed by atoms with Crippen LogP contribution in [0.3, 0.4) is 0 Å². The number of piperazine rings is 1. The Labute approximate surface area is 184 Å². The fraction of sp³-hybridized carbons (Fsp3) is 0.250. The number of rotatable bonds is 5. The van der Waals surface area contributed by atoms with E-state index in [1.54, 1.807) is 18.4 Å². The summed E-state index contributed by atoms with van der Waals surface area (Å²) in [7, 11) is 1.67. The van der Waals surface area contributed by atoms with Crippen LogP contribution in [0.1, 0.15) is 15.6 Å². The Morgan fingerprint density at radius 1 is 1.10 bits per heavy atom. The largest absolute Gasteiger partial charge is 0.497 e. The fourth-order valence-electron chi connectivity index (χ4n) is 3.84. The first kappa shape index (κ1) is 19.8. The van der Waals surface area contributed by atoms with Gasteiger partial charge in [-0.2, -0.15) is 0 Å². The Morgan fingerprint density at radius 2 is 1.94 bits per heavy atom. The van der Waals surface area contributed by atoms with E-state index in [1.165, 1.54) is 0 Å². The van der Waals surface area contributed by atoms with E-state index >= 15 is 0 Å². The van der Waals surface area contributed by atoms with E-state index in [9.17, 15) is 4.79 Å². The van der Waals surface area contributed by atoms with Gasteiger partial charge in [0.2, 0.25) is 0 Å². The van der Waals surface area contributed by atoms with Gasteiger partial charge in [-0.1, -0.05) is 30.3 Å². The average Bonchev–Trinajstić information content (AvgIpc) is 3.46. The normalized spacial score (nSPS) is 14.8. The number of amides is 1. The monoisotopic (exact) mass is 433 g/mol. The van der Waals surface area contributed by atoms with Crippen LogP contribution >= 0.6 is 11.3 Å². The van der Waals surface area contributed by atoms with Gasteiger partial charge < -0.3 is 14.1 Å². The summed E-state index contributed by atoms with van der Waals surface area (Å²) in [4.78, 5) is 21.9. The van der Waals surface area contributed by atoms with Crippen molar-refractivity contribution in [2.24, 2.45) is 0 Å². The average molecular weight is 434 g/mol. The zero-order valence-corrected chi connectivity index (χ0v) is 18.1. The molecule has 31 heavy (non-hydrogen) atoms. The minimum absolute atomic E-state index is 0.0367. The molecule has 0 bridgehead atoms. The van der Waals surface area contributed by atoms with Gasteiger partial charge in [0.25, 0.3) is 5.91 Å². The predicted molar refractivity (Wildman–Crippen MR) is 121 cm³/mol. The number of carbonyl (C=O) groups is 1. The third kappa shape index (κ3) is 4.19. The van der Waals surface area contributed by atoms with Crippen LogP contribution in [0.5, 0.6) is 5.75 Å². The van der Waals surface area contributed by atoms with E-state index < -0.39 is 0 Å². The number of ether oxygens (including phenoxy) is 1. The lowest BCUT2D eigenvalue weighted by molar-refractivity contribution is 0.0600. The summed E-state index contributed by atoms with van der Waals surface area (Å²) in [5, 5.41) is 4.13. The van der Waals surface area contributed by atoms with Gasteiger partial charge in [-0.25, -0.2) is 4.98 Å². The maximum absolute atomic E-state index is 12.8. The molecule has 0 radical (unpaired) electrons. The second-order valence-corrected chi connectivity index (χ2v) is 8.52. The molecule has 0 aliphatic carbocycles. The van der Waals surface area contributed by atoms with Gasteiger partial charge in [-0.15, -0.1) is 11.3 Å². The zero-order valence-electron chi connectivity index (χ0n) is 17.3. The summed E-state index contributed by atoms with van der Waals surface area (Å²) in [5.74, 6) is 1.21. The topological polar surface area (TPSA) is 58.8 Å². The van der Waals surface area contributed by atoms with E-state index in [0.717, 1.165) is 52.6 Å². The number of furan rings is 1. The second-order valence-electron chi connectivity index (χ2n) is 7.58. The number of para-hydroxylation sites is 1. The van der Waals surface area contributed by atoms with Gasteiger partial charge in [0.15, 0.2) is 5.76 Å². The molecule has 0 atom stereocenters. The van der Waals surface area contributed by atoms with Crippen molar-refractivity contribution in [3.05, 3.63) is 70.7 Å². The first-order valence-electron chi connectivity index (χ1n) is 10.3. The maximum Gasteiger partial charge on any atom is 0.289 e. The molecule has 1 saturated heterocycles. The van der Waals surface area contributed by atoms with Crippen LogP contribution in [0.4, 0.5) is 0 Å². The molecule has 1 aliphatic rings. The van der Waals surface area contributed by atoms with Crippen LogP contribution in [0.2, 0.25) is 0 Å². The lowest BCUT2D eigenvalue weighted by Crippen LogP contribution is -2.48. The minimum Gasteiger partial charge on any atom is -0.497 e. The number of methoxy groups -OCH3 is 1. The lowest BCUT2D eigenvalue weighted by atomic mass is 10.2. The molecule has 158 valence electrons. The third-order valence-electron chi connectivity index (χ3n) is 5.57. The number of nitrogens with zero attached hydrogens (tertiary/aromatic N) is 3. The van der Waals surface area contributed by atoms with Gasteiger partial charge in [0.05, 0.1) is 19.3 Å². The molecular formula is C24H23N3O3S. The number of aromatic nitrogens is 1. The Kier molecular flexibility index (Phi) is 5.44. The Hall–Kier alpha value is -3.16. The highest BCUT2D eigenvalue weighted by Crippen LogP contribution is 2.26. The summed E-state index contributed by atoms with van der Waals surface area (Å²) in [5.41, 5.74) is 2.78. The SMILES string of the molecule is COc1cccc(-c2csc(CN3CCN(C(=O)c4cc5ccccc5o4)CC3)n2)c1. The van der Waals surface area contributed by atoms with Crippen molar-refractivity contribution in [2.45, 2.75) is 6.54 Å². The van der Waals surface area contributed by atoms with E-state index in [-0.39, 0.29) is 5.91 Å². The first-order valence-corrected chi connectivity index (χ1v) is 11.2. The lowest BCUT2D eigenvalue weighted by Gasteiger charge is -2.33. The number of carbonyl (C=O) groups excluding carboxylic acids is 1. The van der Waals surface area contributed by atoms with Crippen LogP contribution in [-0.2, 0) is 6.54 Å². The molecule has 3 heterocycles. The van der Waals surface area contributed by atoms with Gasteiger partial charge in [-0.3, -0.25) is 9.69 Å². The highest BCUT2D eigenvalue weighted by atomic mass is 32.1. The van der Waals surface area contributed by atoms with Crippen molar-refractivity contribution in [3.8, 4) is 17.0 Å². The number of hydrogen-bond donors (Lipinski definition) is 0. The summed E-state index contributed by atoms with van der Waals surface area (Å²) >= 11 is 1.67. The molecule has 0 N–H and O–H groups in total. The van der Waals surface area contributed by atoms with Crippen LogP contribution in [0.15, 0.2) is 64.4 Å². The van der Waals surface area contributed by atoms with Crippen LogP contribution in [0.25, 0.3) is 22.2 Å². The zero-order chi connectivity index (χ0) is 21.2. The highest BCUT2D eigenvalue weighted by Gasteiger charge is 2.25. The first-order chi connectivity index (χ1) is 15.2. The molecule has 0 unspecified atom stereocenters. The van der Waals surface area contributed by atoms with Gasteiger partial charge >= 0.3 is 0 Å². The molecule has 1 fully saturated rings. The molecular weight excluding hydrogens is 410 g/mol. The van der Waals surface area contributed by atoms with Crippen molar-refractivity contribution in [2.75, 3.05) is 33.3 Å². The Bertz CT molecular complexity index is 1170. The van der Waals surface area contributed by atoms with E-state index in [0.29, 0.717) is 18.8 Å². The summed E-state index contributed by atoms with van der Waals surface area (Å²) < 4.78 is 11.1. The highest BCUT2D eigenvalue weighted by molar-refractivity contribution is 7.09. The Balaban J connectivity index is 1.19. The maximum atomic E-state index is 12.8. The predicted octanol–water partition coefficient (Wildman–Crippen LogP) is 4.52. The van der Waals surface area contributed by atoms with Crippen molar-refractivity contribution in [1.82, 2.24) is 14.8 Å². The second kappa shape index (κ2) is 8.53. The number of benzene rings is 2. The number of thiazole rings is 1. The number of hydrogen-bond acceptors (Lipinski definition) is 6. The molecule has 4 aromatic rings. The molecule has 1 aliphatic heterocycles. The summed E-state index contributed by atoms with van der Waals surface area (Å²) in [6.45, 7) is 3.80. The van der Waals surface area contributed by atoms with Crippen molar-refractivity contribution in [1.29, 1.82) is 0 Å². The van der Waals surface area contributed by atoms with E-state index in [2.05, 4.69) is 10.3 Å². The molecule has 0 spiro atoms. The standard InChI is InChI=1S/C24H23N3O3S/c1-29-19-7-4-6-17(13-19)20-16-31-23(25-20)15-26-9-11-27(12-10-26)24(28)22-14-18-5-2-3-8-21(18)30-22/h2-8,13-14,16H,9-12,15H2,1H3. The van der Waals surface area contributed by atoms with Crippen LogP contribution in [0, 0.1) is 0 Å². The van der Waals surface area contributed by atoms with Crippen LogP contribution < -0.4 is 4.74 Å².